The van der Waals surface area contributed by atoms with Gasteiger partial charge in [0.05, 0.1) is 0 Å². The second kappa shape index (κ2) is 4.99. The van der Waals surface area contributed by atoms with Crippen molar-refractivity contribution in [1.82, 2.24) is 10.2 Å². The fraction of sp³-hybridized carbons (Fsp3) is 0.556. The first-order chi connectivity index (χ1) is 7.30. The Morgan fingerprint density at radius 3 is 2.38 bits per heavy atom. The second-order valence-corrected chi connectivity index (χ2v) is 5.00. The van der Waals surface area contributed by atoms with Crippen molar-refractivity contribution in [3.8, 4) is 0 Å². The molecule has 0 aromatic carbocycles. The number of anilines is 1. The zero-order valence-corrected chi connectivity index (χ0v) is 10.4. The summed E-state index contributed by atoms with van der Waals surface area (Å²) in [6.07, 6.45) is -4.44. The van der Waals surface area contributed by atoms with Crippen LogP contribution in [0.4, 0.5) is 19.0 Å². The predicted molar refractivity (Wildman–Crippen MR) is 58.7 cm³/mol. The van der Waals surface area contributed by atoms with Crippen LogP contribution in [0.3, 0.4) is 0 Å². The number of nitrogens with zero attached hydrogens (tertiary/aromatic N) is 3. The first kappa shape index (κ1) is 13.2. The molecule has 1 aromatic rings. The van der Waals surface area contributed by atoms with Crippen LogP contribution < -0.4 is 4.90 Å². The molecule has 1 atom stereocenters. The fourth-order valence-electron chi connectivity index (χ4n) is 1.15. The molecule has 0 fully saturated rings. The van der Waals surface area contributed by atoms with Crippen molar-refractivity contribution < 1.29 is 13.2 Å². The number of aromatic nitrogens is 2. The third kappa shape index (κ3) is 3.62. The van der Waals surface area contributed by atoms with Crippen molar-refractivity contribution in [3.05, 3.63) is 17.8 Å². The molecule has 3 nitrogen and oxygen atoms in total. The maximum absolute atomic E-state index is 12.2. The third-order valence-electron chi connectivity index (χ3n) is 1.86. The van der Waals surface area contributed by atoms with E-state index in [0.29, 0.717) is 12.4 Å². The first-order valence-corrected chi connectivity index (χ1v) is 5.48. The van der Waals surface area contributed by atoms with E-state index in [-0.39, 0.29) is 4.83 Å². The van der Waals surface area contributed by atoms with E-state index in [2.05, 4.69) is 26.1 Å². The standard InChI is InChI=1S/C9H11BrF3N3/c1-6(10)5-16(2)8-4-3-7(14-15-8)9(11,12)13/h3-4,6H,5H2,1-2H3. The molecule has 0 aliphatic rings. The van der Waals surface area contributed by atoms with Crippen LogP contribution in [0.1, 0.15) is 12.6 Å². The van der Waals surface area contributed by atoms with Gasteiger partial charge >= 0.3 is 6.18 Å². The van der Waals surface area contributed by atoms with Gasteiger partial charge in [-0.05, 0) is 12.1 Å². The number of alkyl halides is 4. The lowest BCUT2D eigenvalue weighted by atomic mass is 10.3. The summed E-state index contributed by atoms with van der Waals surface area (Å²) >= 11 is 3.35. The molecule has 0 N–H and O–H groups in total. The molecule has 0 bridgehead atoms. The number of hydrogen-bond donors (Lipinski definition) is 0. The second-order valence-electron chi connectivity index (χ2n) is 3.44. The van der Waals surface area contributed by atoms with E-state index in [0.717, 1.165) is 6.07 Å². The third-order valence-corrected chi connectivity index (χ3v) is 2.15. The van der Waals surface area contributed by atoms with Gasteiger partial charge in [-0.1, -0.05) is 22.9 Å². The Balaban J connectivity index is 2.79. The molecule has 0 saturated heterocycles. The Labute approximate surface area is 99.8 Å². The number of rotatable bonds is 3. The summed E-state index contributed by atoms with van der Waals surface area (Å²) in [5.41, 5.74) is -0.975. The molecule has 0 saturated carbocycles. The maximum Gasteiger partial charge on any atom is 0.435 e. The molecule has 1 unspecified atom stereocenters. The summed E-state index contributed by atoms with van der Waals surface area (Å²) < 4.78 is 36.6. The van der Waals surface area contributed by atoms with Crippen molar-refractivity contribution in [2.24, 2.45) is 0 Å². The molecule has 16 heavy (non-hydrogen) atoms. The van der Waals surface area contributed by atoms with E-state index in [1.54, 1.807) is 11.9 Å². The molecule has 0 spiro atoms. The Morgan fingerprint density at radius 2 is 2.00 bits per heavy atom. The SMILES string of the molecule is CC(Br)CN(C)c1ccc(C(F)(F)F)nn1. The molecule has 0 aliphatic carbocycles. The lowest BCUT2D eigenvalue weighted by molar-refractivity contribution is -0.141. The lowest BCUT2D eigenvalue weighted by Gasteiger charge is -2.19. The molecule has 1 heterocycles. The summed E-state index contributed by atoms with van der Waals surface area (Å²) in [6, 6.07) is 2.24. The van der Waals surface area contributed by atoms with Crippen LogP contribution in [0, 0.1) is 0 Å². The molecule has 0 radical (unpaired) electrons. The van der Waals surface area contributed by atoms with E-state index in [1.165, 1.54) is 6.07 Å². The van der Waals surface area contributed by atoms with Crippen LogP contribution >= 0.6 is 15.9 Å². The fourth-order valence-corrected chi connectivity index (χ4v) is 1.59. The van der Waals surface area contributed by atoms with Crippen LogP contribution in [0.25, 0.3) is 0 Å². The minimum atomic E-state index is -4.44. The van der Waals surface area contributed by atoms with Crippen LogP contribution in [-0.2, 0) is 6.18 Å². The quantitative estimate of drug-likeness (QED) is 0.803. The number of halogens is 4. The highest BCUT2D eigenvalue weighted by Gasteiger charge is 2.32. The van der Waals surface area contributed by atoms with Crippen LogP contribution in [-0.4, -0.2) is 28.6 Å². The summed E-state index contributed by atoms with van der Waals surface area (Å²) in [5.74, 6) is 0.416. The van der Waals surface area contributed by atoms with E-state index in [9.17, 15) is 13.2 Å². The Hall–Kier alpha value is -0.850. The van der Waals surface area contributed by atoms with Gasteiger partial charge in [-0.15, -0.1) is 10.2 Å². The van der Waals surface area contributed by atoms with Gasteiger partial charge in [0, 0.05) is 18.4 Å². The summed E-state index contributed by atoms with van der Waals surface area (Å²) in [6.45, 7) is 2.58. The van der Waals surface area contributed by atoms with Crippen molar-refractivity contribution in [2.75, 3.05) is 18.5 Å². The predicted octanol–water partition coefficient (Wildman–Crippen LogP) is 2.72. The molecule has 7 heteroatoms. The summed E-state index contributed by atoms with van der Waals surface area (Å²) in [4.78, 5) is 1.95. The van der Waals surface area contributed by atoms with Crippen molar-refractivity contribution in [3.63, 3.8) is 0 Å². The average Bonchev–Trinajstić information content (AvgIpc) is 2.15. The molecular weight excluding hydrogens is 287 g/mol. The Kier molecular flexibility index (Phi) is 4.12. The van der Waals surface area contributed by atoms with Gasteiger partial charge in [-0.3, -0.25) is 0 Å². The van der Waals surface area contributed by atoms with Crippen molar-refractivity contribution in [2.45, 2.75) is 17.9 Å². The smallest absolute Gasteiger partial charge is 0.357 e. The highest BCUT2D eigenvalue weighted by Crippen LogP contribution is 2.27. The van der Waals surface area contributed by atoms with Crippen LogP contribution in [0.2, 0.25) is 0 Å². The first-order valence-electron chi connectivity index (χ1n) is 4.57. The minimum Gasteiger partial charge on any atom is -0.357 e. The van der Waals surface area contributed by atoms with Gasteiger partial charge in [0.1, 0.15) is 0 Å². The highest BCUT2D eigenvalue weighted by molar-refractivity contribution is 9.09. The normalized spacial score (nSPS) is 13.6. The topological polar surface area (TPSA) is 29.0 Å². The van der Waals surface area contributed by atoms with E-state index in [4.69, 9.17) is 0 Å². The van der Waals surface area contributed by atoms with Crippen molar-refractivity contribution >= 4 is 21.7 Å². The van der Waals surface area contributed by atoms with Crippen LogP contribution in [0.5, 0.6) is 0 Å². The summed E-state index contributed by atoms with van der Waals surface area (Å²) in [7, 11) is 1.75. The van der Waals surface area contributed by atoms with E-state index < -0.39 is 11.9 Å². The highest BCUT2D eigenvalue weighted by atomic mass is 79.9. The van der Waals surface area contributed by atoms with Gasteiger partial charge in [-0.2, -0.15) is 13.2 Å². The minimum absolute atomic E-state index is 0.224. The Bertz CT molecular complexity index is 337. The average molecular weight is 298 g/mol. The zero-order chi connectivity index (χ0) is 12.3. The van der Waals surface area contributed by atoms with E-state index in [1.807, 2.05) is 6.92 Å². The van der Waals surface area contributed by atoms with Gasteiger partial charge in [0.25, 0.3) is 0 Å². The largest absolute Gasteiger partial charge is 0.435 e. The molecule has 1 rings (SSSR count). The molecule has 1 aromatic heterocycles. The molecule has 0 aliphatic heterocycles. The molecular formula is C9H11BrF3N3. The molecule has 0 amide bonds. The van der Waals surface area contributed by atoms with Crippen molar-refractivity contribution in [1.29, 1.82) is 0 Å². The van der Waals surface area contributed by atoms with Gasteiger partial charge in [0.15, 0.2) is 11.5 Å². The summed E-state index contributed by atoms with van der Waals surface area (Å²) in [5, 5.41) is 6.68. The maximum atomic E-state index is 12.2. The zero-order valence-electron chi connectivity index (χ0n) is 8.79. The molecule has 90 valence electrons. The van der Waals surface area contributed by atoms with E-state index >= 15 is 0 Å². The lowest BCUT2D eigenvalue weighted by Crippen LogP contribution is -2.25. The van der Waals surface area contributed by atoms with Crippen LogP contribution in [0.15, 0.2) is 12.1 Å². The van der Waals surface area contributed by atoms with Gasteiger partial charge in [-0.25, -0.2) is 0 Å². The number of hydrogen-bond acceptors (Lipinski definition) is 3. The van der Waals surface area contributed by atoms with Gasteiger partial charge < -0.3 is 4.90 Å². The Morgan fingerprint density at radius 1 is 1.38 bits per heavy atom. The monoisotopic (exact) mass is 297 g/mol. The van der Waals surface area contributed by atoms with Gasteiger partial charge in [0.2, 0.25) is 0 Å².